The lowest BCUT2D eigenvalue weighted by atomic mass is 10.0. The van der Waals surface area contributed by atoms with Crippen LogP contribution in [0.2, 0.25) is 10.0 Å². The molecule has 0 spiro atoms. The molecule has 0 aromatic heterocycles. The van der Waals surface area contributed by atoms with Crippen molar-refractivity contribution < 1.29 is 9.59 Å². The van der Waals surface area contributed by atoms with Gasteiger partial charge in [-0.1, -0.05) is 89.9 Å². The van der Waals surface area contributed by atoms with Crippen molar-refractivity contribution in [3.8, 4) is 0 Å². The number of carbonyl (C=O) groups excluding carboxylic acids is 2. The van der Waals surface area contributed by atoms with Crippen molar-refractivity contribution in [2.75, 3.05) is 0 Å². The van der Waals surface area contributed by atoms with E-state index in [0.29, 0.717) is 22.9 Å². The molecule has 178 valence electrons. The molecule has 3 rings (SSSR count). The first-order chi connectivity index (χ1) is 16.3. The van der Waals surface area contributed by atoms with E-state index < -0.39 is 6.04 Å². The van der Waals surface area contributed by atoms with Crippen molar-refractivity contribution >= 4 is 35.0 Å². The lowest BCUT2D eigenvalue weighted by Gasteiger charge is -2.32. The lowest BCUT2D eigenvalue weighted by molar-refractivity contribution is -0.141. The number of carbonyl (C=O) groups is 2. The summed E-state index contributed by atoms with van der Waals surface area (Å²) in [6.45, 7) is 4.06. The number of benzene rings is 3. The van der Waals surface area contributed by atoms with Crippen LogP contribution in [0.4, 0.5) is 0 Å². The van der Waals surface area contributed by atoms with Crippen molar-refractivity contribution in [1.29, 1.82) is 0 Å². The molecule has 0 fully saturated rings. The molecule has 0 bridgehead atoms. The van der Waals surface area contributed by atoms with E-state index in [1.54, 1.807) is 11.0 Å². The maximum atomic E-state index is 13.6. The van der Waals surface area contributed by atoms with Crippen molar-refractivity contribution in [3.63, 3.8) is 0 Å². The van der Waals surface area contributed by atoms with Gasteiger partial charge in [0, 0.05) is 35.5 Å². The molecule has 0 radical (unpaired) electrons. The molecule has 0 saturated heterocycles. The molecule has 0 aliphatic carbocycles. The molecule has 2 amide bonds. The van der Waals surface area contributed by atoms with Crippen molar-refractivity contribution in [2.24, 2.45) is 0 Å². The second-order valence-corrected chi connectivity index (χ2v) is 9.39. The van der Waals surface area contributed by atoms with Gasteiger partial charge in [-0.2, -0.15) is 0 Å². The number of halogens is 2. The fourth-order valence-electron chi connectivity index (χ4n) is 3.83. The smallest absolute Gasteiger partial charge is 0.243 e. The van der Waals surface area contributed by atoms with Gasteiger partial charge in [0.05, 0.1) is 0 Å². The maximum Gasteiger partial charge on any atom is 0.243 e. The van der Waals surface area contributed by atoms with Crippen LogP contribution in [0.1, 0.15) is 37.0 Å². The first-order valence-corrected chi connectivity index (χ1v) is 12.2. The molecular weight excluding hydrogens is 467 g/mol. The van der Waals surface area contributed by atoms with Crippen LogP contribution in [-0.4, -0.2) is 28.8 Å². The summed E-state index contributed by atoms with van der Waals surface area (Å²) in [6, 6.07) is 23.9. The Bertz CT molecular complexity index is 1100. The molecule has 3 aromatic carbocycles. The van der Waals surface area contributed by atoms with Crippen molar-refractivity contribution in [2.45, 2.75) is 51.7 Å². The van der Waals surface area contributed by atoms with E-state index in [-0.39, 0.29) is 30.8 Å². The topological polar surface area (TPSA) is 49.4 Å². The van der Waals surface area contributed by atoms with Gasteiger partial charge in [-0.25, -0.2) is 0 Å². The summed E-state index contributed by atoms with van der Waals surface area (Å²) < 4.78 is 0. The summed E-state index contributed by atoms with van der Waals surface area (Å²) in [4.78, 5) is 28.6. The number of rotatable bonds is 10. The monoisotopic (exact) mass is 496 g/mol. The Hall–Kier alpha value is -2.82. The molecule has 6 heteroatoms. The molecule has 3 aromatic rings. The second kappa shape index (κ2) is 12.6. The SMILES string of the molecule is CC(C)NC(=O)C(Cc1ccccc1)N(Cc1ccccc1Cl)C(=O)CCc1ccccc1Cl. The Morgan fingerprint density at radius 1 is 0.824 bits per heavy atom. The van der Waals surface area contributed by atoms with Gasteiger partial charge < -0.3 is 10.2 Å². The van der Waals surface area contributed by atoms with Gasteiger partial charge in [0.25, 0.3) is 0 Å². The molecule has 0 aliphatic heterocycles. The summed E-state index contributed by atoms with van der Waals surface area (Å²) in [7, 11) is 0. The zero-order valence-corrected chi connectivity index (χ0v) is 21.0. The van der Waals surface area contributed by atoms with Gasteiger partial charge in [-0.15, -0.1) is 0 Å². The minimum absolute atomic E-state index is 0.0498. The molecule has 4 nitrogen and oxygen atoms in total. The third-order valence-electron chi connectivity index (χ3n) is 5.57. The molecule has 34 heavy (non-hydrogen) atoms. The maximum absolute atomic E-state index is 13.6. The minimum atomic E-state index is -0.681. The van der Waals surface area contributed by atoms with Gasteiger partial charge in [0.2, 0.25) is 11.8 Å². The van der Waals surface area contributed by atoms with Crippen LogP contribution in [0.25, 0.3) is 0 Å². The zero-order valence-electron chi connectivity index (χ0n) is 19.5. The van der Waals surface area contributed by atoms with E-state index in [1.807, 2.05) is 86.6 Å². The Balaban J connectivity index is 1.93. The number of nitrogens with zero attached hydrogens (tertiary/aromatic N) is 1. The fraction of sp³-hybridized carbons (Fsp3) is 0.286. The van der Waals surface area contributed by atoms with Crippen LogP contribution >= 0.6 is 23.2 Å². The fourth-order valence-corrected chi connectivity index (χ4v) is 4.26. The van der Waals surface area contributed by atoms with E-state index in [2.05, 4.69) is 5.32 Å². The standard InChI is InChI=1S/C28H30Cl2N2O2/c1-20(2)31-28(34)26(18-21-10-4-3-5-11-21)32(19-23-13-7-9-15-25(23)30)27(33)17-16-22-12-6-8-14-24(22)29/h3-15,20,26H,16-19H2,1-2H3,(H,31,34). The lowest BCUT2D eigenvalue weighted by Crippen LogP contribution is -2.51. The van der Waals surface area contributed by atoms with E-state index in [9.17, 15) is 9.59 Å². The Morgan fingerprint density at radius 2 is 1.38 bits per heavy atom. The minimum Gasteiger partial charge on any atom is -0.352 e. The highest BCUT2D eigenvalue weighted by atomic mass is 35.5. The molecule has 1 atom stereocenters. The van der Waals surface area contributed by atoms with Gasteiger partial charge in [0.1, 0.15) is 6.04 Å². The molecule has 0 aliphatic rings. The third-order valence-corrected chi connectivity index (χ3v) is 6.30. The van der Waals surface area contributed by atoms with E-state index in [0.717, 1.165) is 16.7 Å². The van der Waals surface area contributed by atoms with Crippen LogP contribution in [0.5, 0.6) is 0 Å². The molecule has 1 unspecified atom stereocenters. The molecular formula is C28H30Cl2N2O2. The highest BCUT2D eigenvalue weighted by Gasteiger charge is 2.31. The van der Waals surface area contributed by atoms with Gasteiger partial charge >= 0.3 is 0 Å². The number of hydrogen-bond acceptors (Lipinski definition) is 2. The van der Waals surface area contributed by atoms with Crippen LogP contribution in [0.3, 0.4) is 0 Å². The number of hydrogen-bond donors (Lipinski definition) is 1. The van der Waals surface area contributed by atoms with Crippen molar-refractivity contribution in [3.05, 3.63) is 106 Å². The summed E-state index contributed by atoms with van der Waals surface area (Å²) in [6.07, 6.45) is 1.12. The summed E-state index contributed by atoms with van der Waals surface area (Å²) in [5.74, 6) is -0.309. The first kappa shape index (κ1) is 25.8. The van der Waals surface area contributed by atoms with Crippen molar-refractivity contribution in [1.82, 2.24) is 10.2 Å². The Kier molecular flexibility index (Phi) is 9.55. The largest absolute Gasteiger partial charge is 0.352 e. The first-order valence-electron chi connectivity index (χ1n) is 11.5. The van der Waals surface area contributed by atoms with Gasteiger partial charge in [0.15, 0.2) is 0 Å². The highest BCUT2D eigenvalue weighted by Crippen LogP contribution is 2.23. The number of aryl methyl sites for hydroxylation is 1. The summed E-state index contributed by atoms with van der Waals surface area (Å²) >= 11 is 12.7. The van der Waals surface area contributed by atoms with E-state index in [4.69, 9.17) is 23.2 Å². The highest BCUT2D eigenvalue weighted by molar-refractivity contribution is 6.31. The van der Waals surface area contributed by atoms with E-state index >= 15 is 0 Å². The predicted molar refractivity (Wildman–Crippen MR) is 139 cm³/mol. The summed E-state index contributed by atoms with van der Waals surface area (Å²) in [5.41, 5.74) is 2.68. The molecule has 1 N–H and O–H groups in total. The number of nitrogens with one attached hydrogen (secondary N) is 1. The van der Waals surface area contributed by atoms with Crippen LogP contribution in [0.15, 0.2) is 78.9 Å². The third kappa shape index (κ3) is 7.34. The number of amides is 2. The van der Waals surface area contributed by atoms with Crippen LogP contribution < -0.4 is 5.32 Å². The average molecular weight is 497 g/mol. The zero-order chi connectivity index (χ0) is 24.5. The molecule has 0 heterocycles. The molecule has 0 saturated carbocycles. The van der Waals surface area contributed by atoms with Crippen LogP contribution in [-0.2, 0) is 29.0 Å². The summed E-state index contributed by atoms with van der Waals surface area (Å²) in [5, 5.41) is 4.19. The van der Waals surface area contributed by atoms with Gasteiger partial charge in [-0.3, -0.25) is 9.59 Å². The Morgan fingerprint density at radius 3 is 1.97 bits per heavy atom. The van der Waals surface area contributed by atoms with E-state index in [1.165, 1.54) is 0 Å². The average Bonchev–Trinajstić information content (AvgIpc) is 2.82. The van der Waals surface area contributed by atoms with Crippen LogP contribution in [0, 0.1) is 0 Å². The normalized spacial score (nSPS) is 11.8. The second-order valence-electron chi connectivity index (χ2n) is 8.57. The Labute approximate surface area is 211 Å². The quantitative estimate of drug-likeness (QED) is 0.369. The van der Waals surface area contributed by atoms with Gasteiger partial charge in [-0.05, 0) is 49.1 Å². The predicted octanol–water partition coefficient (Wildman–Crippen LogP) is 6.09.